The molecular weight excluding hydrogens is 364 g/mol. The fraction of sp³-hybridized carbons (Fsp3) is 0.0500. The summed E-state index contributed by atoms with van der Waals surface area (Å²) in [5.74, 6) is 0.236. The Morgan fingerprint density at radius 3 is 2.22 bits per heavy atom. The van der Waals surface area contributed by atoms with Crippen LogP contribution in [0.5, 0.6) is 5.75 Å². The average molecular weight is 382 g/mol. The van der Waals surface area contributed by atoms with Gasteiger partial charge < -0.3 is 10.1 Å². The van der Waals surface area contributed by atoms with Crippen LogP contribution in [0, 0.1) is 0 Å². The number of rotatable bonds is 6. The number of anilines is 2. The zero-order valence-corrected chi connectivity index (χ0v) is 15.4. The largest absolute Gasteiger partial charge is 0.497 e. The number of para-hydroxylation sites is 1. The molecule has 0 aliphatic heterocycles. The van der Waals surface area contributed by atoms with Crippen LogP contribution in [0.4, 0.5) is 11.4 Å². The van der Waals surface area contributed by atoms with Crippen LogP contribution in [0.1, 0.15) is 10.4 Å². The second-order valence-corrected chi connectivity index (χ2v) is 7.36. The second kappa shape index (κ2) is 7.92. The quantitative estimate of drug-likeness (QED) is 0.680. The lowest BCUT2D eigenvalue weighted by atomic mass is 10.2. The summed E-state index contributed by atoms with van der Waals surface area (Å²) < 4.78 is 32.8. The van der Waals surface area contributed by atoms with Gasteiger partial charge in [0.25, 0.3) is 15.9 Å². The van der Waals surface area contributed by atoms with Crippen molar-refractivity contribution < 1.29 is 17.9 Å². The summed E-state index contributed by atoms with van der Waals surface area (Å²) in [5.41, 5.74) is 1.28. The Morgan fingerprint density at radius 2 is 1.56 bits per heavy atom. The molecule has 138 valence electrons. The fourth-order valence-electron chi connectivity index (χ4n) is 2.40. The molecule has 0 saturated carbocycles. The van der Waals surface area contributed by atoms with Crippen molar-refractivity contribution in [3.05, 3.63) is 84.4 Å². The average Bonchev–Trinajstić information content (AvgIpc) is 2.69. The number of carbonyl (C=O) groups is 1. The highest BCUT2D eigenvalue weighted by Gasteiger charge is 2.16. The number of nitrogens with one attached hydrogen (secondary N) is 2. The minimum atomic E-state index is -3.83. The highest BCUT2D eigenvalue weighted by Crippen LogP contribution is 2.20. The van der Waals surface area contributed by atoms with E-state index in [1.54, 1.807) is 54.6 Å². The van der Waals surface area contributed by atoms with Crippen molar-refractivity contribution in [3.8, 4) is 5.75 Å². The molecule has 0 saturated heterocycles. The van der Waals surface area contributed by atoms with E-state index in [4.69, 9.17) is 4.74 Å². The molecule has 0 atom stereocenters. The van der Waals surface area contributed by atoms with Crippen molar-refractivity contribution >= 4 is 27.3 Å². The third kappa shape index (κ3) is 4.65. The highest BCUT2D eigenvalue weighted by atomic mass is 32.2. The molecule has 0 heterocycles. The van der Waals surface area contributed by atoms with Crippen LogP contribution in [0.3, 0.4) is 0 Å². The van der Waals surface area contributed by atoms with Gasteiger partial charge in [-0.15, -0.1) is 0 Å². The molecule has 2 N–H and O–H groups in total. The standard InChI is InChI=1S/C20H18N2O4S/c1-26-18-12-10-17(11-13-18)22-27(24,25)19-9-5-6-15(14-19)20(23)21-16-7-3-2-4-8-16/h2-14,22H,1H3,(H,21,23). The maximum atomic E-state index is 12.6. The van der Waals surface area contributed by atoms with Gasteiger partial charge in [-0.25, -0.2) is 8.42 Å². The molecule has 0 aliphatic rings. The predicted molar refractivity (Wildman–Crippen MR) is 105 cm³/mol. The molecule has 0 aliphatic carbocycles. The summed E-state index contributed by atoms with van der Waals surface area (Å²) in [4.78, 5) is 12.4. The monoisotopic (exact) mass is 382 g/mol. The molecular formula is C20H18N2O4S. The summed E-state index contributed by atoms with van der Waals surface area (Å²) in [6, 6.07) is 21.3. The molecule has 3 aromatic rings. The van der Waals surface area contributed by atoms with Crippen molar-refractivity contribution in [2.75, 3.05) is 17.1 Å². The molecule has 0 unspecified atom stereocenters. The molecule has 0 radical (unpaired) electrons. The summed E-state index contributed by atoms with van der Waals surface area (Å²) in [7, 11) is -2.30. The zero-order valence-electron chi connectivity index (χ0n) is 14.5. The van der Waals surface area contributed by atoms with Crippen LogP contribution in [0.25, 0.3) is 0 Å². The normalized spacial score (nSPS) is 10.9. The first kappa shape index (κ1) is 18.5. The van der Waals surface area contributed by atoms with Crippen molar-refractivity contribution in [1.29, 1.82) is 0 Å². The van der Waals surface area contributed by atoms with Gasteiger partial charge in [-0.1, -0.05) is 24.3 Å². The molecule has 3 rings (SSSR count). The SMILES string of the molecule is COc1ccc(NS(=O)(=O)c2cccc(C(=O)Nc3ccccc3)c2)cc1. The Kier molecular flexibility index (Phi) is 5.42. The second-order valence-electron chi connectivity index (χ2n) is 5.68. The lowest BCUT2D eigenvalue weighted by Crippen LogP contribution is -2.16. The molecule has 27 heavy (non-hydrogen) atoms. The number of methoxy groups -OCH3 is 1. The summed E-state index contributed by atoms with van der Waals surface area (Å²) in [6.45, 7) is 0. The molecule has 3 aromatic carbocycles. The Hall–Kier alpha value is -3.32. The summed E-state index contributed by atoms with van der Waals surface area (Å²) >= 11 is 0. The van der Waals surface area contributed by atoms with Crippen LogP contribution in [0.2, 0.25) is 0 Å². The number of carbonyl (C=O) groups excluding carboxylic acids is 1. The lowest BCUT2D eigenvalue weighted by molar-refractivity contribution is 0.102. The van der Waals surface area contributed by atoms with E-state index >= 15 is 0 Å². The molecule has 0 spiro atoms. The number of sulfonamides is 1. The first-order chi connectivity index (χ1) is 13.0. The van der Waals surface area contributed by atoms with Crippen molar-refractivity contribution in [2.24, 2.45) is 0 Å². The van der Waals surface area contributed by atoms with Crippen LogP contribution >= 0.6 is 0 Å². The van der Waals surface area contributed by atoms with E-state index in [1.807, 2.05) is 6.07 Å². The summed E-state index contributed by atoms with van der Waals surface area (Å²) in [6.07, 6.45) is 0. The van der Waals surface area contributed by atoms with Gasteiger partial charge in [-0.05, 0) is 54.6 Å². The van der Waals surface area contributed by atoms with E-state index in [0.717, 1.165) is 0 Å². The van der Waals surface area contributed by atoms with Gasteiger partial charge in [0.15, 0.2) is 0 Å². The van der Waals surface area contributed by atoms with Crippen molar-refractivity contribution in [3.63, 3.8) is 0 Å². The number of hydrogen-bond donors (Lipinski definition) is 2. The summed E-state index contributed by atoms with van der Waals surface area (Å²) in [5, 5.41) is 2.73. The Bertz CT molecular complexity index is 1030. The van der Waals surface area contributed by atoms with E-state index in [2.05, 4.69) is 10.0 Å². The van der Waals surface area contributed by atoms with E-state index in [9.17, 15) is 13.2 Å². The molecule has 7 heteroatoms. The van der Waals surface area contributed by atoms with Crippen molar-refractivity contribution in [2.45, 2.75) is 4.90 Å². The maximum absolute atomic E-state index is 12.6. The number of ether oxygens (including phenoxy) is 1. The Balaban J connectivity index is 1.79. The molecule has 0 fully saturated rings. The number of amides is 1. The third-order valence-electron chi connectivity index (χ3n) is 3.78. The third-order valence-corrected chi connectivity index (χ3v) is 5.16. The molecule has 0 bridgehead atoms. The van der Waals surface area contributed by atoms with Gasteiger partial charge in [0.2, 0.25) is 0 Å². The Labute approximate surface area is 157 Å². The first-order valence-electron chi connectivity index (χ1n) is 8.11. The fourth-order valence-corrected chi connectivity index (χ4v) is 3.51. The molecule has 1 amide bonds. The first-order valence-corrected chi connectivity index (χ1v) is 9.59. The number of hydrogen-bond acceptors (Lipinski definition) is 4. The van der Waals surface area contributed by atoms with E-state index in [-0.39, 0.29) is 16.4 Å². The van der Waals surface area contributed by atoms with E-state index in [1.165, 1.54) is 25.3 Å². The smallest absolute Gasteiger partial charge is 0.261 e. The minimum absolute atomic E-state index is 0.000898. The van der Waals surface area contributed by atoms with Gasteiger partial charge in [-0.2, -0.15) is 0 Å². The zero-order chi connectivity index (χ0) is 19.3. The predicted octanol–water partition coefficient (Wildman–Crippen LogP) is 3.75. The molecule has 6 nitrogen and oxygen atoms in total. The van der Waals surface area contributed by atoms with Gasteiger partial charge >= 0.3 is 0 Å². The number of benzene rings is 3. The van der Waals surface area contributed by atoms with Gasteiger partial charge in [-0.3, -0.25) is 9.52 Å². The van der Waals surface area contributed by atoms with Crippen LogP contribution < -0.4 is 14.8 Å². The topological polar surface area (TPSA) is 84.5 Å². The van der Waals surface area contributed by atoms with Crippen LogP contribution in [0.15, 0.2) is 83.8 Å². The maximum Gasteiger partial charge on any atom is 0.261 e. The van der Waals surface area contributed by atoms with Crippen molar-refractivity contribution in [1.82, 2.24) is 0 Å². The Morgan fingerprint density at radius 1 is 0.852 bits per heavy atom. The van der Waals surface area contributed by atoms with Gasteiger partial charge in [0.05, 0.1) is 12.0 Å². The van der Waals surface area contributed by atoms with Crippen LogP contribution in [-0.2, 0) is 10.0 Å². The van der Waals surface area contributed by atoms with Gasteiger partial charge in [0, 0.05) is 16.9 Å². The highest BCUT2D eigenvalue weighted by molar-refractivity contribution is 7.92. The minimum Gasteiger partial charge on any atom is -0.497 e. The molecule has 0 aromatic heterocycles. The van der Waals surface area contributed by atoms with E-state index in [0.29, 0.717) is 17.1 Å². The van der Waals surface area contributed by atoms with E-state index < -0.39 is 10.0 Å². The van der Waals surface area contributed by atoms with Crippen LogP contribution in [-0.4, -0.2) is 21.4 Å². The lowest BCUT2D eigenvalue weighted by Gasteiger charge is -2.10. The van der Waals surface area contributed by atoms with Gasteiger partial charge in [0.1, 0.15) is 5.75 Å².